The lowest BCUT2D eigenvalue weighted by Crippen LogP contribution is -2.61. The van der Waals surface area contributed by atoms with Crippen LogP contribution in [0.2, 0.25) is 0 Å². The molecule has 0 amide bonds. The third-order valence-electron chi connectivity index (χ3n) is 19.4. The summed E-state index contributed by atoms with van der Waals surface area (Å²) in [5.41, 5.74) is 17.3. The van der Waals surface area contributed by atoms with Crippen LogP contribution in [-0.4, -0.2) is 4.57 Å². The zero-order chi connectivity index (χ0) is 46.8. The zero-order valence-corrected chi connectivity index (χ0v) is 41.0. The summed E-state index contributed by atoms with van der Waals surface area (Å²) >= 11 is 0. The highest BCUT2D eigenvalue weighted by molar-refractivity contribution is 6.14. The van der Waals surface area contributed by atoms with Gasteiger partial charge in [0.05, 0.1) is 16.7 Å². The van der Waals surface area contributed by atoms with Crippen LogP contribution in [0.4, 0.5) is 17.1 Å². The first kappa shape index (κ1) is 41.8. The first-order valence-electron chi connectivity index (χ1n) is 27.2. The molecule has 8 aromatic carbocycles. The second-order valence-corrected chi connectivity index (χ2v) is 22.8. The van der Waals surface area contributed by atoms with Gasteiger partial charge in [-0.3, -0.25) is 0 Å². The molecule has 348 valence electrons. The van der Waals surface area contributed by atoms with E-state index in [1.165, 1.54) is 147 Å². The number of nitrogens with zero attached hydrogens (tertiary/aromatic N) is 2. The Hall–Kier alpha value is -6.90. The van der Waals surface area contributed by atoms with Gasteiger partial charge in [0.25, 0.3) is 0 Å². The van der Waals surface area contributed by atoms with E-state index in [-0.39, 0.29) is 10.8 Å². The van der Waals surface area contributed by atoms with Crippen LogP contribution in [0.3, 0.4) is 0 Å². The summed E-state index contributed by atoms with van der Waals surface area (Å²) in [7, 11) is 0. The Labute approximate surface area is 419 Å². The summed E-state index contributed by atoms with van der Waals surface area (Å²) in [5, 5.41) is 5.32. The molecule has 2 unspecified atom stereocenters. The van der Waals surface area contributed by atoms with E-state index in [0.717, 1.165) is 11.8 Å². The van der Waals surface area contributed by atoms with E-state index < -0.39 is 0 Å². The molecular weight excluding hydrogens is 857 g/mol. The number of benzene rings is 8. The Morgan fingerprint density at radius 2 is 1.23 bits per heavy atom. The van der Waals surface area contributed by atoms with E-state index >= 15 is 0 Å². The van der Waals surface area contributed by atoms with Crippen LogP contribution in [0.5, 0.6) is 0 Å². The van der Waals surface area contributed by atoms with Crippen LogP contribution in [-0.2, 0) is 5.41 Å². The number of hydrogen-bond donors (Lipinski definition) is 0. The van der Waals surface area contributed by atoms with E-state index in [0.29, 0.717) is 23.7 Å². The number of allylic oxidation sites excluding steroid dienone is 4. The predicted octanol–water partition coefficient (Wildman–Crippen LogP) is 18.7. The summed E-state index contributed by atoms with van der Waals surface area (Å²) in [6.07, 6.45) is 23.5. The summed E-state index contributed by atoms with van der Waals surface area (Å²) in [5.74, 6) is 4.21. The third kappa shape index (κ3) is 6.06. The summed E-state index contributed by atoms with van der Waals surface area (Å²) in [6, 6.07) is 67.6. The Bertz CT molecular complexity index is 3600. The molecule has 1 aromatic heterocycles. The minimum absolute atomic E-state index is 0.0579. The summed E-state index contributed by atoms with van der Waals surface area (Å²) in [6.45, 7) is 2.66. The topological polar surface area (TPSA) is 8.17 Å². The van der Waals surface area contributed by atoms with Gasteiger partial charge in [-0.2, -0.15) is 0 Å². The van der Waals surface area contributed by atoms with E-state index in [1.807, 2.05) is 0 Å². The molecule has 2 nitrogen and oxygen atoms in total. The first-order chi connectivity index (χ1) is 35.1. The van der Waals surface area contributed by atoms with Gasteiger partial charge in [0.1, 0.15) is 0 Å². The predicted molar refractivity (Wildman–Crippen MR) is 298 cm³/mol. The fourth-order valence-electron chi connectivity index (χ4n) is 17.0. The average molecular weight is 919 g/mol. The smallest absolute Gasteiger partial charge is 0.0619 e. The van der Waals surface area contributed by atoms with Crippen molar-refractivity contribution >= 4 is 49.6 Å². The summed E-state index contributed by atoms with van der Waals surface area (Å²) in [4.78, 5) is 2.66. The molecule has 1 heterocycles. The molecule has 7 aliphatic rings. The van der Waals surface area contributed by atoms with Crippen LogP contribution in [0.15, 0.2) is 200 Å². The zero-order valence-electron chi connectivity index (χ0n) is 41.0. The fourth-order valence-corrected chi connectivity index (χ4v) is 17.0. The second-order valence-electron chi connectivity index (χ2n) is 22.8. The van der Waals surface area contributed by atoms with Crippen molar-refractivity contribution in [1.82, 2.24) is 4.57 Å². The van der Waals surface area contributed by atoms with Crippen LogP contribution < -0.4 is 4.90 Å². The SMILES string of the molecule is CC12C=CC=CC1c1ccc(N(c3cccc(-c4cccc5c6ccccc6n(-c6ccccc6)c45)c3)c3ccccc3-c3cccc4cccc(C5CCCCC5)c34)cc1C21C2CC3CC(C2)CC1C3. The molecule has 5 saturated carbocycles. The van der Waals surface area contributed by atoms with Crippen molar-refractivity contribution in [3.05, 3.63) is 217 Å². The van der Waals surface area contributed by atoms with Crippen molar-refractivity contribution in [2.45, 2.75) is 88.4 Å². The van der Waals surface area contributed by atoms with Crippen molar-refractivity contribution in [3.8, 4) is 27.9 Å². The molecular formula is C69H62N2. The highest BCUT2D eigenvalue weighted by Crippen LogP contribution is 2.75. The molecule has 0 radical (unpaired) electrons. The van der Waals surface area contributed by atoms with E-state index in [2.05, 4.69) is 217 Å². The second kappa shape index (κ2) is 16.1. The lowest BCUT2D eigenvalue weighted by atomic mass is 9.38. The van der Waals surface area contributed by atoms with Crippen molar-refractivity contribution in [3.63, 3.8) is 0 Å². The molecule has 4 bridgehead atoms. The number of hydrogen-bond acceptors (Lipinski definition) is 1. The molecule has 2 heteroatoms. The minimum Gasteiger partial charge on any atom is -0.310 e. The van der Waals surface area contributed by atoms with Gasteiger partial charge < -0.3 is 9.47 Å². The van der Waals surface area contributed by atoms with Crippen LogP contribution in [0.1, 0.15) is 99.7 Å². The van der Waals surface area contributed by atoms with E-state index in [1.54, 1.807) is 11.1 Å². The molecule has 71 heavy (non-hydrogen) atoms. The van der Waals surface area contributed by atoms with Gasteiger partial charge in [-0.15, -0.1) is 0 Å². The highest BCUT2D eigenvalue weighted by Gasteiger charge is 2.69. The van der Waals surface area contributed by atoms with Gasteiger partial charge in [0, 0.05) is 55.7 Å². The van der Waals surface area contributed by atoms with Gasteiger partial charge in [0.15, 0.2) is 0 Å². The Morgan fingerprint density at radius 3 is 2.07 bits per heavy atom. The maximum Gasteiger partial charge on any atom is 0.0619 e. The molecule has 0 aliphatic heterocycles. The molecule has 16 rings (SSSR count). The van der Waals surface area contributed by atoms with Gasteiger partial charge >= 0.3 is 0 Å². The lowest BCUT2D eigenvalue weighted by Gasteiger charge is -2.65. The fraction of sp³-hybridized carbons (Fsp3) is 0.275. The number of anilines is 3. The Kier molecular flexibility index (Phi) is 9.46. The van der Waals surface area contributed by atoms with Gasteiger partial charge in [-0.1, -0.05) is 178 Å². The number of rotatable bonds is 7. The minimum atomic E-state index is 0.0579. The maximum atomic E-state index is 2.73. The van der Waals surface area contributed by atoms with E-state index in [9.17, 15) is 0 Å². The molecule has 9 aromatic rings. The number of fused-ring (bicyclic) bond motifs is 7. The molecule has 2 atom stereocenters. The highest BCUT2D eigenvalue weighted by atomic mass is 15.1. The number of para-hydroxylation sites is 4. The van der Waals surface area contributed by atoms with Crippen LogP contribution in [0, 0.1) is 29.1 Å². The average Bonchev–Trinajstić information content (AvgIpc) is 3.90. The molecule has 5 fully saturated rings. The van der Waals surface area contributed by atoms with Gasteiger partial charge in [-0.05, 0) is 162 Å². The molecule has 7 aliphatic carbocycles. The largest absolute Gasteiger partial charge is 0.310 e. The number of aromatic nitrogens is 1. The molecule has 0 N–H and O–H groups in total. The monoisotopic (exact) mass is 918 g/mol. The lowest BCUT2D eigenvalue weighted by molar-refractivity contribution is -0.102. The van der Waals surface area contributed by atoms with Crippen molar-refractivity contribution in [2.75, 3.05) is 4.90 Å². The van der Waals surface area contributed by atoms with Crippen LogP contribution >= 0.6 is 0 Å². The van der Waals surface area contributed by atoms with E-state index in [4.69, 9.17) is 0 Å². The Morgan fingerprint density at radius 1 is 0.535 bits per heavy atom. The first-order valence-corrected chi connectivity index (χ1v) is 27.2. The van der Waals surface area contributed by atoms with Crippen LogP contribution in [0.25, 0.3) is 60.5 Å². The molecule has 1 spiro atoms. The van der Waals surface area contributed by atoms with Gasteiger partial charge in [-0.25, -0.2) is 0 Å². The standard InChI is InChI=1S/C69H62N2/c1-68-37-13-12-32-62(68)61-36-35-54(44-63(61)69(68)50-39-45-38-46(41-50)42-51(69)40-45)70(64-33-10-8-26-57(64)59-30-16-21-48-20-15-28-55(66(48)59)47-18-4-2-5-19-47)53-25-14-22-49(43-53)56-29-17-31-60-58-27-9-11-34-65(58)71(67(56)60)52-23-6-3-7-24-52/h3,6-17,20-37,43-47,50-51,62H,2,4-5,18-19,38-42H2,1H3. The van der Waals surface area contributed by atoms with Crippen molar-refractivity contribution < 1.29 is 0 Å². The van der Waals surface area contributed by atoms with Crippen molar-refractivity contribution in [2.24, 2.45) is 29.1 Å². The quantitative estimate of drug-likeness (QED) is 0.155. The maximum absolute atomic E-state index is 2.73. The third-order valence-corrected chi connectivity index (χ3v) is 19.4. The molecule has 0 saturated heterocycles. The van der Waals surface area contributed by atoms with Crippen molar-refractivity contribution in [1.29, 1.82) is 0 Å². The van der Waals surface area contributed by atoms with Gasteiger partial charge in [0.2, 0.25) is 0 Å². The Balaban J connectivity index is 0.976. The normalized spacial score (nSPS) is 26.2. The summed E-state index contributed by atoms with van der Waals surface area (Å²) < 4.78 is 2.48.